The highest BCUT2D eigenvalue weighted by Crippen LogP contribution is 2.35. The van der Waals surface area contributed by atoms with E-state index < -0.39 is 0 Å². The molecular formula is C18H18N8O2S3. The molecule has 0 bridgehead atoms. The Kier molecular flexibility index (Phi) is 6.53. The van der Waals surface area contributed by atoms with E-state index in [1.807, 2.05) is 24.4 Å². The third kappa shape index (κ3) is 5.06. The van der Waals surface area contributed by atoms with Crippen LogP contribution in [0, 0.1) is 6.92 Å². The molecule has 160 valence electrons. The van der Waals surface area contributed by atoms with E-state index in [0.717, 1.165) is 20.5 Å². The summed E-state index contributed by atoms with van der Waals surface area (Å²) in [4.78, 5) is 30.9. The van der Waals surface area contributed by atoms with Gasteiger partial charge in [0.1, 0.15) is 10.7 Å². The van der Waals surface area contributed by atoms with Crippen LogP contribution in [0.1, 0.15) is 5.69 Å². The number of aromatic nitrogens is 7. The Morgan fingerprint density at radius 3 is 2.90 bits per heavy atom. The van der Waals surface area contributed by atoms with Crippen LogP contribution in [-0.4, -0.2) is 53.2 Å². The zero-order valence-electron chi connectivity index (χ0n) is 16.7. The molecule has 0 saturated carbocycles. The summed E-state index contributed by atoms with van der Waals surface area (Å²) in [6.07, 6.45) is 0. The first kappa shape index (κ1) is 21.3. The van der Waals surface area contributed by atoms with E-state index in [2.05, 4.69) is 30.9 Å². The average Bonchev–Trinajstić information content (AvgIpc) is 3.49. The number of rotatable bonds is 8. The molecule has 0 unspecified atom stereocenters. The second-order valence-corrected chi connectivity index (χ2v) is 9.30. The minimum Gasteiger partial charge on any atom is -0.354 e. The molecule has 0 spiro atoms. The first-order valence-electron chi connectivity index (χ1n) is 9.23. The van der Waals surface area contributed by atoms with E-state index in [-0.39, 0.29) is 30.3 Å². The molecule has 0 atom stereocenters. The van der Waals surface area contributed by atoms with Crippen molar-refractivity contribution in [3.8, 4) is 20.5 Å². The van der Waals surface area contributed by atoms with Crippen molar-refractivity contribution >= 4 is 40.3 Å². The van der Waals surface area contributed by atoms with E-state index in [1.165, 1.54) is 27.2 Å². The smallest absolute Gasteiger partial charge is 0.266 e. The van der Waals surface area contributed by atoms with Crippen LogP contribution in [0.5, 0.6) is 0 Å². The van der Waals surface area contributed by atoms with E-state index in [0.29, 0.717) is 10.9 Å². The predicted octanol–water partition coefficient (Wildman–Crippen LogP) is 1.84. The molecule has 1 amide bonds. The van der Waals surface area contributed by atoms with Gasteiger partial charge in [0.2, 0.25) is 11.1 Å². The Morgan fingerprint density at radius 2 is 2.16 bits per heavy atom. The first-order valence-corrected chi connectivity index (χ1v) is 11.9. The third-order valence-electron chi connectivity index (χ3n) is 4.19. The Balaban J connectivity index is 1.39. The van der Waals surface area contributed by atoms with Gasteiger partial charge < -0.3 is 5.32 Å². The predicted molar refractivity (Wildman–Crippen MR) is 120 cm³/mol. The molecule has 4 aromatic rings. The molecule has 4 heterocycles. The van der Waals surface area contributed by atoms with Gasteiger partial charge in [0.25, 0.3) is 5.56 Å². The molecule has 0 radical (unpaired) electrons. The lowest BCUT2D eigenvalue weighted by Crippen LogP contribution is -2.32. The standard InChI is InChI=1S/C18H18N8O2S3/c1-11-16(31-17(20-11)13-4-3-9-29-13)12-5-6-15(28)26(22-12)8-7-19-14(27)10-30-18-21-23-24-25(18)2/h3-6,9H,7-8,10H2,1-2H3,(H,19,27). The highest BCUT2D eigenvalue weighted by Gasteiger charge is 2.14. The molecule has 4 rings (SSSR count). The lowest BCUT2D eigenvalue weighted by atomic mass is 10.3. The molecule has 0 aliphatic heterocycles. The van der Waals surface area contributed by atoms with E-state index in [4.69, 9.17) is 0 Å². The number of nitrogens with one attached hydrogen (secondary N) is 1. The van der Waals surface area contributed by atoms with Gasteiger partial charge in [-0.1, -0.05) is 17.8 Å². The normalized spacial score (nSPS) is 11.0. The molecule has 0 aliphatic rings. The van der Waals surface area contributed by atoms with Gasteiger partial charge in [0, 0.05) is 19.7 Å². The maximum Gasteiger partial charge on any atom is 0.266 e. The summed E-state index contributed by atoms with van der Waals surface area (Å²) in [6.45, 7) is 2.49. The van der Waals surface area contributed by atoms with Gasteiger partial charge in [-0.15, -0.1) is 27.8 Å². The Morgan fingerprint density at radius 1 is 1.29 bits per heavy atom. The minimum absolute atomic E-state index is 0.170. The summed E-state index contributed by atoms with van der Waals surface area (Å²) in [6, 6.07) is 7.22. The van der Waals surface area contributed by atoms with Gasteiger partial charge in [-0.3, -0.25) is 9.59 Å². The van der Waals surface area contributed by atoms with Crippen LogP contribution in [0.2, 0.25) is 0 Å². The topological polar surface area (TPSA) is 120 Å². The minimum atomic E-state index is -0.224. The molecule has 1 N–H and O–H groups in total. The number of aryl methyl sites for hydroxylation is 2. The van der Waals surface area contributed by atoms with Crippen molar-refractivity contribution in [3.05, 3.63) is 45.7 Å². The number of hydrogen-bond donors (Lipinski definition) is 1. The van der Waals surface area contributed by atoms with E-state index in [1.54, 1.807) is 35.8 Å². The van der Waals surface area contributed by atoms with Crippen LogP contribution in [0.3, 0.4) is 0 Å². The molecule has 0 aromatic carbocycles. The number of amides is 1. The highest BCUT2D eigenvalue weighted by atomic mass is 32.2. The Bertz CT molecular complexity index is 1240. The number of carbonyl (C=O) groups is 1. The van der Waals surface area contributed by atoms with Gasteiger partial charge in [-0.05, 0) is 34.9 Å². The summed E-state index contributed by atoms with van der Waals surface area (Å²) in [5.41, 5.74) is 1.34. The van der Waals surface area contributed by atoms with Crippen molar-refractivity contribution < 1.29 is 4.79 Å². The number of tetrazole rings is 1. The molecule has 0 saturated heterocycles. The van der Waals surface area contributed by atoms with Crippen molar-refractivity contribution in [3.63, 3.8) is 0 Å². The number of thioether (sulfide) groups is 1. The summed E-state index contributed by atoms with van der Waals surface area (Å²) in [7, 11) is 1.71. The van der Waals surface area contributed by atoms with Gasteiger partial charge in [0.15, 0.2) is 0 Å². The molecular weight excluding hydrogens is 456 g/mol. The summed E-state index contributed by atoms with van der Waals surface area (Å²) >= 11 is 4.42. The van der Waals surface area contributed by atoms with Crippen molar-refractivity contribution in [2.45, 2.75) is 18.6 Å². The maximum atomic E-state index is 12.2. The van der Waals surface area contributed by atoms with E-state index >= 15 is 0 Å². The average molecular weight is 475 g/mol. The highest BCUT2D eigenvalue weighted by molar-refractivity contribution is 7.99. The second-order valence-electron chi connectivity index (χ2n) is 6.41. The SMILES string of the molecule is Cc1nc(-c2cccs2)sc1-c1ccc(=O)n(CCNC(=O)CSc2nnnn2C)n1. The molecule has 0 aliphatic carbocycles. The lowest BCUT2D eigenvalue weighted by molar-refractivity contribution is -0.118. The van der Waals surface area contributed by atoms with Crippen molar-refractivity contribution in [1.29, 1.82) is 0 Å². The second kappa shape index (κ2) is 9.49. The number of thiazole rings is 1. The van der Waals surface area contributed by atoms with Crippen LogP contribution in [0.15, 0.2) is 39.6 Å². The molecule has 10 nitrogen and oxygen atoms in total. The molecule has 4 aromatic heterocycles. The van der Waals surface area contributed by atoms with Gasteiger partial charge in [-0.25, -0.2) is 14.3 Å². The van der Waals surface area contributed by atoms with Crippen molar-refractivity contribution in [2.75, 3.05) is 12.3 Å². The van der Waals surface area contributed by atoms with E-state index in [9.17, 15) is 9.59 Å². The number of nitrogens with zero attached hydrogens (tertiary/aromatic N) is 7. The zero-order valence-corrected chi connectivity index (χ0v) is 19.1. The van der Waals surface area contributed by atoms with Crippen LogP contribution in [0.4, 0.5) is 0 Å². The van der Waals surface area contributed by atoms with Gasteiger partial charge in [-0.2, -0.15) is 5.10 Å². The fourth-order valence-corrected chi connectivity index (χ4v) is 5.20. The van der Waals surface area contributed by atoms with Crippen LogP contribution < -0.4 is 10.9 Å². The number of hydrogen-bond acceptors (Lipinski definition) is 10. The number of thiophene rings is 1. The quantitative estimate of drug-likeness (QED) is 0.384. The Hall–Kier alpha value is -2.90. The molecule has 31 heavy (non-hydrogen) atoms. The lowest BCUT2D eigenvalue weighted by Gasteiger charge is -2.08. The summed E-state index contributed by atoms with van der Waals surface area (Å²) in [5, 5.41) is 21.8. The molecule has 13 heteroatoms. The number of carbonyl (C=O) groups excluding carboxylic acids is 1. The summed E-state index contributed by atoms with van der Waals surface area (Å²) in [5.74, 6) is 0.0124. The summed E-state index contributed by atoms with van der Waals surface area (Å²) < 4.78 is 2.86. The molecule has 0 fully saturated rings. The van der Waals surface area contributed by atoms with Crippen LogP contribution in [-0.2, 0) is 18.4 Å². The fraction of sp³-hybridized carbons (Fsp3) is 0.278. The van der Waals surface area contributed by atoms with Crippen molar-refractivity contribution in [2.24, 2.45) is 7.05 Å². The van der Waals surface area contributed by atoms with Gasteiger partial charge in [0.05, 0.1) is 27.7 Å². The maximum absolute atomic E-state index is 12.2. The van der Waals surface area contributed by atoms with Crippen LogP contribution >= 0.6 is 34.4 Å². The first-order chi connectivity index (χ1) is 15.0. The third-order valence-corrected chi connectivity index (χ3v) is 7.42. The largest absolute Gasteiger partial charge is 0.354 e. The Labute approximate surface area is 189 Å². The zero-order chi connectivity index (χ0) is 21.8. The monoisotopic (exact) mass is 474 g/mol. The van der Waals surface area contributed by atoms with Gasteiger partial charge >= 0.3 is 0 Å². The fourth-order valence-electron chi connectivity index (χ4n) is 2.70. The van der Waals surface area contributed by atoms with Crippen molar-refractivity contribution in [1.82, 2.24) is 40.3 Å². The van der Waals surface area contributed by atoms with Crippen LogP contribution in [0.25, 0.3) is 20.5 Å².